The summed E-state index contributed by atoms with van der Waals surface area (Å²) in [5.74, 6) is 0.254. The largest absolute Gasteiger partial charge is 0.493 e. The molecule has 6 heteroatoms. The first kappa shape index (κ1) is 22.0. The Balaban J connectivity index is 1.54. The number of hydrogen-bond donors (Lipinski definition) is 0. The summed E-state index contributed by atoms with van der Waals surface area (Å²) in [6.45, 7) is 4.18. The van der Waals surface area contributed by atoms with Crippen molar-refractivity contribution in [2.45, 2.75) is 19.8 Å². The summed E-state index contributed by atoms with van der Waals surface area (Å²) < 4.78 is 16.2. The first-order chi connectivity index (χ1) is 15.9. The molecule has 0 spiro atoms. The van der Waals surface area contributed by atoms with E-state index in [2.05, 4.69) is 18.8 Å². The van der Waals surface area contributed by atoms with Gasteiger partial charge in [-0.15, -0.1) is 0 Å². The normalized spacial score (nSPS) is 14.2. The van der Waals surface area contributed by atoms with Crippen LogP contribution in [-0.2, 0) is 9.53 Å². The third-order valence-electron chi connectivity index (χ3n) is 5.15. The van der Waals surface area contributed by atoms with Crippen molar-refractivity contribution >= 4 is 23.9 Å². The van der Waals surface area contributed by atoms with E-state index in [9.17, 15) is 9.59 Å². The summed E-state index contributed by atoms with van der Waals surface area (Å²) in [6.07, 6.45) is 1.59. The summed E-state index contributed by atoms with van der Waals surface area (Å²) in [6, 6.07) is 21.5. The van der Waals surface area contributed by atoms with E-state index in [0.717, 1.165) is 11.1 Å². The van der Waals surface area contributed by atoms with Crippen LogP contribution in [0.25, 0.3) is 6.08 Å². The molecule has 1 aliphatic heterocycles. The number of ether oxygens (including phenoxy) is 3. The van der Waals surface area contributed by atoms with E-state index >= 15 is 0 Å². The molecule has 4 rings (SSSR count). The van der Waals surface area contributed by atoms with E-state index in [1.54, 1.807) is 36.4 Å². The molecule has 0 amide bonds. The smallest absolute Gasteiger partial charge is 0.363 e. The minimum absolute atomic E-state index is 0.172. The third-order valence-corrected chi connectivity index (χ3v) is 5.15. The SMILES string of the molecule is COc1cc(C=C2N=C(c3ccccc3)OC2=O)ccc1OC(=O)c1ccc(C(C)C)cc1. The molecule has 33 heavy (non-hydrogen) atoms. The van der Waals surface area contributed by atoms with Crippen molar-refractivity contribution in [3.05, 3.63) is 101 Å². The molecule has 0 N–H and O–H groups in total. The van der Waals surface area contributed by atoms with E-state index in [1.807, 2.05) is 42.5 Å². The van der Waals surface area contributed by atoms with Crippen LogP contribution in [0.2, 0.25) is 0 Å². The van der Waals surface area contributed by atoms with Crippen molar-refractivity contribution in [2.75, 3.05) is 7.11 Å². The number of aliphatic imine (C=N–C) groups is 1. The Kier molecular flexibility index (Phi) is 6.36. The van der Waals surface area contributed by atoms with Crippen molar-refractivity contribution in [3.8, 4) is 11.5 Å². The first-order valence-corrected chi connectivity index (χ1v) is 10.5. The number of rotatable bonds is 6. The average molecular weight is 441 g/mol. The minimum atomic E-state index is -0.534. The number of cyclic esters (lactones) is 1. The lowest BCUT2D eigenvalue weighted by Gasteiger charge is -2.11. The summed E-state index contributed by atoms with van der Waals surface area (Å²) in [4.78, 5) is 29.1. The Morgan fingerprint density at radius 1 is 0.970 bits per heavy atom. The zero-order valence-corrected chi connectivity index (χ0v) is 18.6. The molecular formula is C27H23NO5. The fraction of sp³-hybridized carbons (Fsp3) is 0.148. The van der Waals surface area contributed by atoms with Crippen LogP contribution in [0, 0.1) is 0 Å². The molecule has 1 heterocycles. The Hall–Kier alpha value is -4.19. The van der Waals surface area contributed by atoms with Gasteiger partial charge in [0.05, 0.1) is 12.7 Å². The molecule has 6 nitrogen and oxygen atoms in total. The van der Waals surface area contributed by atoms with Gasteiger partial charge in [-0.25, -0.2) is 14.6 Å². The zero-order chi connectivity index (χ0) is 23.4. The number of methoxy groups -OCH3 is 1. The first-order valence-electron chi connectivity index (χ1n) is 10.5. The molecule has 0 radical (unpaired) electrons. The van der Waals surface area contributed by atoms with Gasteiger partial charge in [0.25, 0.3) is 0 Å². The molecule has 0 fully saturated rings. The van der Waals surface area contributed by atoms with Gasteiger partial charge in [0.1, 0.15) is 0 Å². The maximum atomic E-state index is 12.6. The summed E-state index contributed by atoms with van der Waals surface area (Å²) in [5.41, 5.74) is 3.13. The topological polar surface area (TPSA) is 74.2 Å². The quantitative estimate of drug-likeness (QED) is 0.292. The molecule has 1 aliphatic rings. The number of carbonyl (C=O) groups excluding carboxylic acids is 2. The van der Waals surface area contributed by atoms with Gasteiger partial charge in [0.2, 0.25) is 5.90 Å². The van der Waals surface area contributed by atoms with Crippen LogP contribution in [-0.4, -0.2) is 24.9 Å². The summed E-state index contributed by atoms with van der Waals surface area (Å²) in [5, 5.41) is 0. The lowest BCUT2D eigenvalue weighted by atomic mass is 10.0. The van der Waals surface area contributed by atoms with Crippen molar-refractivity contribution in [2.24, 2.45) is 4.99 Å². The maximum absolute atomic E-state index is 12.6. The highest BCUT2D eigenvalue weighted by Crippen LogP contribution is 2.30. The van der Waals surface area contributed by atoms with Crippen LogP contribution in [0.3, 0.4) is 0 Å². The summed E-state index contributed by atoms with van der Waals surface area (Å²) in [7, 11) is 1.48. The number of carbonyl (C=O) groups is 2. The number of nitrogens with zero attached hydrogens (tertiary/aromatic N) is 1. The van der Waals surface area contributed by atoms with Crippen LogP contribution in [0.15, 0.2) is 83.5 Å². The van der Waals surface area contributed by atoms with Gasteiger partial charge in [-0.05, 0) is 59.5 Å². The molecule has 0 aromatic heterocycles. The van der Waals surface area contributed by atoms with E-state index in [0.29, 0.717) is 22.8 Å². The van der Waals surface area contributed by atoms with Gasteiger partial charge in [-0.1, -0.05) is 50.2 Å². The van der Waals surface area contributed by atoms with Gasteiger partial charge in [-0.2, -0.15) is 0 Å². The van der Waals surface area contributed by atoms with E-state index in [1.165, 1.54) is 7.11 Å². The second-order valence-electron chi connectivity index (χ2n) is 7.78. The predicted molar refractivity (Wildman–Crippen MR) is 126 cm³/mol. The second-order valence-corrected chi connectivity index (χ2v) is 7.78. The Morgan fingerprint density at radius 2 is 1.70 bits per heavy atom. The maximum Gasteiger partial charge on any atom is 0.363 e. The minimum Gasteiger partial charge on any atom is -0.493 e. The summed E-state index contributed by atoms with van der Waals surface area (Å²) >= 11 is 0. The second kappa shape index (κ2) is 9.53. The fourth-order valence-electron chi connectivity index (χ4n) is 3.29. The molecule has 0 atom stereocenters. The Bertz CT molecular complexity index is 1240. The third kappa shape index (κ3) is 5.01. The molecular weight excluding hydrogens is 418 g/mol. The molecule has 3 aromatic carbocycles. The average Bonchev–Trinajstić information content (AvgIpc) is 3.20. The highest BCUT2D eigenvalue weighted by atomic mass is 16.6. The van der Waals surface area contributed by atoms with Crippen LogP contribution >= 0.6 is 0 Å². The van der Waals surface area contributed by atoms with Gasteiger partial charge in [0, 0.05) is 5.56 Å². The van der Waals surface area contributed by atoms with Crippen molar-refractivity contribution in [1.82, 2.24) is 0 Å². The molecule has 0 saturated carbocycles. The molecule has 0 aliphatic carbocycles. The monoisotopic (exact) mass is 441 g/mol. The zero-order valence-electron chi connectivity index (χ0n) is 18.6. The van der Waals surface area contributed by atoms with Crippen LogP contribution in [0.5, 0.6) is 11.5 Å². The van der Waals surface area contributed by atoms with E-state index < -0.39 is 11.9 Å². The highest BCUT2D eigenvalue weighted by Gasteiger charge is 2.24. The van der Waals surface area contributed by atoms with Crippen LogP contribution in [0.1, 0.15) is 46.8 Å². The number of esters is 2. The van der Waals surface area contributed by atoms with Crippen molar-refractivity contribution in [3.63, 3.8) is 0 Å². The molecule has 3 aromatic rings. The lowest BCUT2D eigenvalue weighted by molar-refractivity contribution is -0.129. The van der Waals surface area contributed by atoms with Crippen molar-refractivity contribution < 1.29 is 23.8 Å². The Morgan fingerprint density at radius 3 is 2.36 bits per heavy atom. The van der Waals surface area contributed by atoms with Crippen LogP contribution in [0.4, 0.5) is 0 Å². The van der Waals surface area contributed by atoms with Gasteiger partial charge in [0.15, 0.2) is 17.2 Å². The van der Waals surface area contributed by atoms with Crippen molar-refractivity contribution in [1.29, 1.82) is 0 Å². The van der Waals surface area contributed by atoms with Gasteiger partial charge < -0.3 is 14.2 Å². The number of hydrogen-bond acceptors (Lipinski definition) is 6. The Labute approximate surface area is 192 Å². The van der Waals surface area contributed by atoms with Gasteiger partial charge in [-0.3, -0.25) is 0 Å². The van der Waals surface area contributed by atoms with E-state index in [4.69, 9.17) is 14.2 Å². The van der Waals surface area contributed by atoms with E-state index in [-0.39, 0.29) is 17.3 Å². The lowest BCUT2D eigenvalue weighted by Crippen LogP contribution is -2.09. The highest BCUT2D eigenvalue weighted by molar-refractivity contribution is 6.12. The fourth-order valence-corrected chi connectivity index (χ4v) is 3.29. The van der Waals surface area contributed by atoms with Crippen LogP contribution < -0.4 is 9.47 Å². The molecule has 0 unspecified atom stereocenters. The molecule has 0 saturated heterocycles. The molecule has 166 valence electrons. The molecule has 0 bridgehead atoms. The number of benzene rings is 3. The van der Waals surface area contributed by atoms with Gasteiger partial charge >= 0.3 is 11.9 Å². The standard InChI is InChI=1S/C27H23NO5/c1-17(2)19-10-12-21(13-11-19)26(29)32-23-14-9-18(16-24(23)31-3)15-22-27(30)33-25(28-22)20-7-5-4-6-8-20/h4-17H,1-3H3. The predicted octanol–water partition coefficient (Wildman–Crippen LogP) is 5.38.